The molecule has 6 heteroatoms. The minimum Gasteiger partial charge on any atom is -0.497 e. The van der Waals surface area contributed by atoms with Crippen LogP contribution in [0.4, 0.5) is 0 Å². The molecular weight excluding hydrogens is 442 g/mol. The van der Waals surface area contributed by atoms with Gasteiger partial charge in [-0.15, -0.1) is 0 Å². The molecule has 35 heavy (non-hydrogen) atoms. The number of aryl methyl sites for hydroxylation is 1. The maximum absolute atomic E-state index is 12.6. The van der Waals surface area contributed by atoms with Crippen LogP contribution >= 0.6 is 0 Å². The van der Waals surface area contributed by atoms with E-state index in [0.29, 0.717) is 23.6 Å². The molecule has 0 saturated heterocycles. The van der Waals surface area contributed by atoms with Crippen LogP contribution in [0.15, 0.2) is 36.4 Å². The molecule has 6 nitrogen and oxygen atoms in total. The average Bonchev–Trinajstić information content (AvgIpc) is 2.84. The maximum atomic E-state index is 12.6. The maximum Gasteiger partial charge on any atom is 0.251 e. The lowest BCUT2D eigenvalue weighted by molar-refractivity contribution is 0.0941. The van der Waals surface area contributed by atoms with Crippen LogP contribution in [0.25, 0.3) is 0 Å². The fourth-order valence-corrected chi connectivity index (χ4v) is 3.34. The predicted octanol–water partition coefficient (Wildman–Crippen LogP) is 6.59. The van der Waals surface area contributed by atoms with Crippen molar-refractivity contribution in [3.8, 4) is 23.0 Å². The lowest BCUT2D eigenvalue weighted by atomic mass is 10.0. The highest BCUT2D eigenvalue weighted by Gasteiger charge is 2.21. The molecule has 0 aromatic heterocycles. The summed E-state index contributed by atoms with van der Waals surface area (Å²) >= 11 is 0. The Bertz CT molecular complexity index is 945. The Balaban J connectivity index is 1.99. The summed E-state index contributed by atoms with van der Waals surface area (Å²) in [4.78, 5) is 12.6. The molecule has 0 saturated carbocycles. The molecule has 1 N–H and O–H groups in total. The average molecular weight is 486 g/mol. The van der Waals surface area contributed by atoms with E-state index in [4.69, 9.17) is 18.9 Å². The Morgan fingerprint density at radius 3 is 1.97 bits per heavy atom. The van der Waals surface area contributed by atoms with Gasteiger partial charge < -0.3 is 24.3 Å². The third-order valence-corrected chi connectivity index (χ3v) is 6.29. The number of rotatable bonds is 14. The molecule has 0 spiro atoms. The van der Waals surface area contributed by atoms with Gasteiger partial charge in [-0.1, -0.05) is 19.9 Å². The van der Waals surface area contributed by atoms with E-state index < -0.39 is 0 Å². The van der Waals surface area contributed by atoms with Crippen LogP contribution in [0.3, 0.4) is 0 Å². The van der Waals surface area contributed by atoms with Gasteiger partial charge in [0.15, 0.2) is 0 Å². The molecule has 2 aromatic rings. The highest BCUT2D eigenvalue weighted by atomic mass is 16.5. The van der Waals surface area contributed by atoms with Crippen LogP contribution in [-0.4, -0.2) is 37.9 Å². The number of hydrogen-bond acceptors (Lipinski definition) is 5. The number of carbonyl (C=O) groups is 1. The van der Waals surface area contributed by atoms with Gasteiger partial charge in [0.2, 0.25) is 0 Å². The van der Waals surface area contributed by atoms with Gasteiger partial charge in [0, 0.05) is 24.2 Å². The van der Waals surface area contributed by atoms with Crippen LogP contribution in [-0.2, 0) is 6.42 Å². The van der Waals surface area contributed by atoms with Crippen molar-refractivity contribution in [3.63, 3.8) is 0 Å². The number of benzene rings is 2. The third-order valence-electron chi connectivity index (χ3n) is 6.29. The molecule has 1 amide bonds. The lowest BCUT2D eigenvalue weighted by Crippen LogP contribution is -2.28. The molecule has 2 rings (SSSR count). The Labute approximate surface area is 211 Å². The molecule has 0 heterocycles. The summed E-state index contributed by atoms with van der Waals surface area (Å²) in [5.41, 5.74) is 1.17. The van der Waals surface area contributed by atoms with Gasteiger partial charge in [0.1, 0.15) is 34.2 Å². The minimum atomic E-state index is -0.264. The number of hydrogen-bond donors (Lipinski definition) is 1. The number of amides is 1. The standard InChI is InChI=1S/C29H43NO5/c1-9-28(3,4)34-23-15-14-21(26(20-23)35-29(5,6)10-2)13-11-12-16-30-27(31)22-17-24(32-7)19-25(18-22)33-8/h14-15,17-20H,9-13,16H2,1-8H3,(H,30,31). The van der Waals surface area contributed by atoms with Gasteiger partial charge in [-0.2, -0.15) is 0 Å². The zero-order valence-corrected chi connectivity index (χ0v) is 22.7. The van der Waals surface area contributed by atoms with Gasteiger partial charge in [0.25, 0.3) is 5.91 Å². The Kier molecular flexibility index (Phi) is 10.3. The van der Waals surface area contributed by atoms with Crippen molar-refractivity contribution < 1.29 is 23.7 Å². The summed E-state index contributed by atoms with van der Waals surface area (Å²) in [7, 11) is 3.14. The highest BCUT2D eigenvalue weighted by Crippen LogP contribution is 2.32. The van der Waals surface area contributed by atoms with E-state index in [1.165, 1.54) is 0 Å². The van der Waals surface area contributed by atoms with Gasteiger partial charge in [0.05, 0.1) is 14.2 Å². The van der Waals surface area contributed by atoms with Crippen molar-refractivity contribution >= 4 is 5.91 Å². The summed E-state index contributed by atoms with van der Waals surface area (Å²) in [6, 6.07) is 11.3. The second kappa shape index (κ2) is 12.7. The summed E-state index contributed by atoms with van der Waals surface area (Å²) in [5.74, 6) is 2.73. The smallest absolute Gasteiger partial charge is 0.251 e. The Morgan fingerprint density at radius 2 is 1.40 bits per heavy atom. The van der Waals surface area contributed by atoms with Crippen LogP contribution < -0.4 is 24.3 Å². The third kappa shape index (κ3) is 9.00. The monoisotopic (exact) mass is 485 g/mol. The molecule has 0 aliphatic heterocycles. The first kappa shape index (κ1) is 28.3. The normalized spacial score (nSPS) is 11.7. The highest BCUT2D eigenvalue weighted by molar-refractivity contribution is 5.95. The molecule has 0 aliphatic carbocycles. The zero-order chi connectivity index (χ0) is 26.1. The van der Waals surface area contributed by atoms with Crippen molar-refractivity contribution in [2.75, 3.05) is 20.8 Å². The molecule has 0 radical (unpaired) electrons. The Hall–Kier alpha value is -2.89. The number of methoxy groups -OCH3 is 2. The van der Waals surface area contributed by atoms with Crippen LogP contribution in [0.2, 0.25) is 0 Å². The van der Waals surface area contributed by atoms with E-state index in [1.807, 2.05) is 12.1 Å². The quantitative estimate of drug-likeness (QED) is 0.306. The van der Waals surface area contributed by atoms with Crippen LogP contribution in [0.1, 0.15) is 83.1 Å². The molecule has 0 atom stereocenters. The van der Waals surface area contributed by atoms with E-state index in [2.05, 4.69) is 52.9 Å². The van der Waals surface area contributed by atoms with Crippen molar-refractivity contribution in [1.82, 2.24) is 5.32 Å². The van der Waals surface area contributed by atoms with Gasteiger partial charge in [-0.05, 0) is 83.6 Å². The zero-order valence-electron chi connectivity index (χ0n) is 22.7. The molecule has 194 valence electrons. The SMILES string of the molecule is CCC(C)(C)Oc1ccc(CCCCNC(=O)c2cc(OC)cc(OC)c2)c(OC(C)(C)CC)c1. The second-order valence-corrected chi connectivity index (χ2v) is 10.0. The number of unbranched alkanes of at least 4 members (excludes halogenated alkanes) is 1. The Morgan fingerprint density at radius 1 is 0.800 bits per heavy atom. The molecule has 0 fully saturated rings. The first-order valence-electron chi connectivity index (χ1n) is 12.5. The molecule has 0 aliphatic rings. The summed E-state index contributed by atoms with van der Waals surface area (Å²) in [5, 5.41) is 2.99. The van der Waals surface area contributed by atoms with Crippen LogP contribution in [0, 0.1) is 0 Å². The number of carbonyl (C=O) groups excluding carboxylic acids is 1. The largest absolute Gasteiger partial charge is 0.497 e. The lowest BCUT2D eigenvalue weighted by Gasteiger charge is -2.29. The first-order chi connectivity index (χ1) is 16.5. The van der Waals surface area contributed by atoms with E-state index >= 15 is 0 Å². The molecule has 0 bridgehead atoms. The number of nitrogens with one attached hydrogen (secondary N) is 1. The van der Waals surface area contributed by atoms with Crippen molar-refractivity contribution in [2.24, 2.45) is 0 Å². The molecule has 2 aromatic carbocycles. The van der Waals surface area contributed by atoms with E-state index in [9.17, 15) is 4.79 Å². The van der Waals surface area contributed by atoms with Crippen molar-refractivity contribution in [3.05, 3.63) is 47.5 Å². The minimum absolute atomic E-state index is 0.143. The predicted molar refractivity (Wildman–Crippen MR) is 141 cm³/mol. The van der Waals surface area contributed by atoms with E-state index in [1.54, 1.807) is 32.4 Å². The van der Waals surface area contributed by atoms with E-state index in [0.717, 1.165) is 49.2 Å². The van der Waals surface area contributed by atoms with Gasteiger partial charge >= 0.3 is 0 Å². The van der Waals surface area contributed by atoms with Crippen LogP contribution in [0.5, 0.6) is 23.0 Å². The summed E-state index contributed by atoms with van der Waals surface area (Å²) < 4.78 is 23.1. The second-order valence-electron chi connectivity index (χ2n) is 10.0. The van der Waals surface area contributed by atoms with Gasteiger partial charge in [-0.25, -0.2) is 0 Å². The number of ether oxygens (including phenoxy) is 4. The topological polar surface area (TPSA) is 66.0 Å². The summed E-state index contributed by atoms with van der Waals surface area (Å²) in [6.07, 6.45) is 4.45. The fourth-order valence-electron chi connectivity index (χ4n) is 3.34. The summed E-state index contributed by atoms with van der Waals surface area (Å²) in [6.45, 7) is 13.2. The fraction of sp³-hybridized carbons (Fsp3) is 0.552. The van der Waals surface area contributed by atoms with E-state index in [-0.39, 0.29) is 17.1 Å². The van der Waals surface area contributed by atoms with Crippen molar-refractivity contribution in [2.45, 2.75) is 84.8 Å². The van der Waals surface area contributed by atoms with Gasteiger partial charge in [-0.3, -0.25) is 4.79 Å². The van der Waals surface area contributed by atoms with Crippen molar-refractivity contribution in [1.29, 1.82) is 0 Å². The molecule has 0 unspecified atom stereocenters. The first-order valence-corrected chi connectivity index (χ1v) is 12.5. The molecular formula is C29H43NO5.